The van der Waals surface area contributed by atoms with E-state index in [1.165, 1.54) is 16.4 Å². The summed E-state index contributed by atoms with van der Waals surface area (Å²) in [6.07, 6.45) is 5.95. The highest BCUT2D eigenvalue weighted by Gasteiger charge is 2.45. The number of rotatable bonds is 6. The van der Waals surface area contributed by atoms with Crippen LogP contribution in [0.2, 0.25) is 5.02 Å². The molecule has 3 heterocycles. The molecule has 194 valence electrons. The van der Waals surface area contributed by atoms with E-state index in [9.17, 15) is 9.59 Å². The number of hydrogen-bond donors (Lipinski definition) is 1. The van der Waals surface area contributed by atoms with E-state index in [1.807, 2.05) is 32.9 Å². The van der Waals surface area contributed by atoms with Crippen molar-refractivity contribution in [3.8, 4) is 16.9 Å². The number of nitrogens with zero attached hydrogens (tertiary/aromatic N) is 3. The highest BCUT2D eigenvalue weighted by Crippen LogP contribution is 2.56. The van der Waals surface area contributed by atoms with Gasteiger partial charge in [0.15, 0.2) is 5.82 Å². The standard InChI is InChI=1S/C29H26ClFN4O2S/c1-15-14-32-22(17-5-4-6-21(26(17)31)34-28(37)29(3)8-9-29)13-23(15)35-16(2)11-20(25(30)27(35)36)18-12-19(18)24-7-10-33-38-24/h4-7,10-11,13-14,18-19H,8-9,12H2,1-3H3,(H,34,37)/t18-,19-/m0/s1. The number of carbonyl (C=O) groups is 1. The van der Waals surface area contributed by atoms with Crippen LogP contribution in [0.1, 0.15) is 59.7 Å². The third-order valence-corrected chi connectivity index (χ3v) is 9.02. The summed E-state index contributed by atoms with van der Waals surface area (Å²) in [4.78, 5) is 31.7. The summed E-state index contributed by atoms with van der Waals surface area (Å²) < 4.78 is 21.3. The van der Waals surface area contributed by atoms with Crippen molar-refractivity contribution in [2.75, 3.05) is 5.32 Å². The third-order valence-electron chi connectivity index (χ3n) is 7.76. The van der Waals surface area contributed by atoms with E-state index >= 15 is 4.39 Å². The van der Waals surface area contributed by atoms with E-state index in [2.05, 4.69) is 14.7 Å². The lowest BCUT2D eigenvalue weighted by molar-refractivity contribution is -0.120. The van der Waals surface area contributed by atoms with E-state index in [0.717, 1.165) is 36.1 Å². The van der Waals surface area contributed by atoms with Gasteiger partial charge in [0.25, 0.3) is 5.56 Å². The Hall–Kier alpha value is -3.36. The molecule has 38 heavy (non-hydrogen) atoms. The van der Waals surface area contributed by atoms with Crippen LogP contribution >= 0.6 is 23.1 Å². The van der Waals surface area contributed by atoms with Gasteiger partial charge in [0.1, 0.15) is 5.02 Å². The molecular weight excluding hydrogens is 523 g/mol. The molecule has 1 N–H and O–H groups in total. The van der Waals surface area contributed by atoms with Gasteiger partial charge in [-0.1, -0.05) is 24.6 Å². The normalized spacial score (nSPS) is 19.3. The van der Waals surface area contributed by atoms with E-state index < -0.39 is 11.2 Å². The van der Waals surface area contributed by atoms with Gasteiger partial charge in [-0.15, -0.1) is 0 Å². The first kappa shape index (κ1) is 24.9. The zero-order chi connectivity index (χ0) is 26.8. The minimum absolute atomic E-state index is 0.116. The molecule has 0 bridgehead atoms. The first-order valence-corrected chi connectivity index (χ1v) is 13.7. The summed E-state index contributed by atoms with van der Waals surface area (Å²) in [7, 11) is 0. The Balaban J connectivity index is 1.36. The minimum atomic E-state index is -0.562. The van der Waals surface area contributed by atoms with Crippen LogP contribution in [0.3, 0.4) is 0 Å². The molecule has 0 saturated heterocycles. The van der Waals surface area contributed by atoms with Crippen molar-refractivity contribution >= 4 is 34.7 Å². The molecule has 6 nitrogen and oxygen atoms in total. The molecule has 4 aromatic rings. The molecule has 0 aliphatic heterocycles. The molecule has 2 atom stereocenters. The molecule has 2 aliphatic rings. The Morgan fingerprint density at radius 1 is 1.21 bits per heavy atom. The maximum absolute atomic E-state index is 15.5. The Kier molecular flexibility index (Phi) is 6.00. The average Bonchev–Trinajstić information content (AvgIpc) is 3.80. The lowest BCUT2D eigenvalue weighted by Gasteiger charge is -2.17. The van der Waals surface area contributed by atoms with Crippen LogP contribution < -0.4 is 10.9 Å². The number of aromatic nitrogens is 3. The molecule has 9 heteroatoms. The molecular formula is C29H26ClFN4O2S. The first-order valence-electron chi connectivity index (χ1n) is 12.6. The predicted octanol–water partition coefficient (Wildman–Crippen LogP) is 6.78. The minimum Gasteiger partial charge on any atom is -0.323 e. The van der Waals surface area contributed by atoms with Crippen molar-refractivity contribution in [3.63, 3.8) is 0 Å². The van der Waals surface area contributed by atoms with E-state index in [4.69, 9.17) is 11.6 Å². The maximum atomic E-state index is 15.5. The van der Waals surface area contributed by atoms with E-state index in [1.54, 1.807) is 41.2 Å². The van der Waals surface area contributed by atoms with Crippen LogP contribution in [-0.4, -0.2) is 19.8 Å². The predicted molar refractivity (Wildman–Crippen MR) is 148 cm³/mol. The van der Waals surface area contributed by atoms with Gasteiger partial charge in [0.2, 0.25) is 5.91 Å². The largest absolute Gasteiger partial charge is 0.323 e. The molecule has 2 fully saturated rings. The Morgan fingerprint density at radius 2 is 2.00 bits per heavy atom. The zero-order valence-electron chi connectivity index (χ0n) is 21.2. The van der Waals surface area contributed by atoms with Crippen molar-refractivity contribution in [1.82, 2.24) is 13.9 Å². The fraction of sp³-hybridized carbons (Fsp3) is 0.310. The van der Waals surface area contributed by atoms with Crippen molar-refractivity contribution in [1.29, 1.82) is 0 Å². The first-order chi connectivity index (χ1) is 18.2. The van der Waals surface area contributed by atoms with Crippen molar-refractivity contribution in [2.24, 2.45) is 5.41 Å². The quantitative estimate of drug-likeness (QED) is 0.288. The van der Waals surface area contributed by atoms with Gasteiger partial charge < -0.3 is 5.32 Å². The summed E-state index contributed by atoms with van der Waals surface area (Å²) >= 11 is 8.15. The molecule has 0 unspecified atom stereocenters. The Bertz CT molecular complexity index is 1650. The molecule has 1 aromatic carbocycles. The SMILES string of the molecule is Cc1cnc(-c2cccc(NC(=O)C3(C)CC3)c2F)cc1-n1c(C)cc([C@H]2C[C@@H]2c2ccns2)c(Cl)c1=O. The molecule has 2 aliphatic carbocycles. The number of benzene rings is 1. The van der Waals surface area contributed by atoms with Crippen LogP contribution in [0.4, 0.5) is 10.1 Å². The fourth-order valence-corrected chi connectivity index (χ4v) is 6.03. The number of aryl methyl sites for hydroxylation is 2. The smallest absolute Gasteiger partial charge is 0.274 e. The summed E-state index contributed by atoms with van der Waals surface area (Å²) in [5.74, 6) is -0.214. The third kappa shape index (κ3) is 4.25. The van der Waals surface area contributed by atoms with Crippen LogP contribution in [0, 0.1) is 25.1 Å². The zero-order valence-corrected chi connectivity index (χ0v) is 22.8. The second kappa shape index (κ2) is 9.13. The fourth-order valence-electron chi connectivity index (χ4n) is 4.99. The van der Waals surface area contributed by atoms with Gasteiger partial charge in [-0.05, 0) is 92.0 Å². The van der Waals surface area contributed by atoms with Gasteiger partial charge in [0.05, 0.1) is 17.1 Å². The maximum Gasteiger partial charge on any atom is 0.274 e. The van der Waals surface area contributed by atoms with E-state index in [-0.39, 0.29) is 33.7 Å². The Labute approximate surface area is 228 Å². The highest BCUT2D eigenvalue weighted by molar-refractivity contribution is 7.05. The lowest BCUT2D eigenvalue weighted by Crippen LogP contribution is -2.23. The number of hydrogen-bond acceptors (Lipinski definition) is 5. The molecule has 2 saturated carbocycles. The second-order valence-corrected chi connectivity index (χ2v) is 11.8. The van der Waals surface area contributed by atoms with Gasteiger partial charge >= 0.3 is 0 Å². The molecule has 0 radical (unpaired) electrons. The van der Waals surface area contributed by atoms with Crippen LogP contribution in [0.15, 0.2) is 53.6 Å². The molecule has 0 spiro atoms. The number of carbonyl (C=O) groups excluding carboxylic acids is 1. The van der Waals surface area contributed by atoms with Gasteiger partial charge in [-0.3, -0.25) is 19.1 Å². The van der Waals surface area contributed by atoms with Crippen LogP contribution in [0.5, 0.6) is 0 Å². The number of pyridine rings is 2. The lowest BCUT2D eigenvalue weighted by atomic mass is 10.1. The highest BCUT2D eigenvalue weighted by atomic mass is 35.5. The van der Waals surface area contributed by atoms with Gasteiger partial charge in [0, 0.05) is 39.9 Å². The Morgan fingerprint density at radius 3 is 2.71 bits per heavy atom. The topological polar surface area (TPSA) is 76.9 Å². The van der Waals surface area contributed by atoms with Crippen LogP contribution in [-0.2, 0) is 4.79 Å². The number of anilines is 1. The molecule has 6 rings (SSSR count). The van der Waals surface area contributed by atoms with Gasteiger partial charge in [-0.2, -0.15) is 0 Å². The summed E-state index contributed by atoms with van der Waals surface area (Å²) in [6.45, 7) is 5.60. The van der Waals surface area contributed by atoms with Crippen LogP contribution in [0.25, 0.3) is 16.9 Å². The number of amides is 1. The molecule has 1 amide bonds. The molecule has 3 aromatic heterocycles. The van der Waals surface area contributed by atoms with Gasteiger partial charge in [-0.25, -0.2) is 8.76 Å². The average molecular weight is 549 g/mol. The second-order valence-electron chi connectivity index (χ2n) is 10.6. The van der Waals surface area contributed by atoms with E-state index in [0.29, 0.717) is 17.3 Å². The number of nitrogens with one attached hydrogen (secondary N) is 1. The van der Waals surface area contributed by atoms with Crippen molar-refractivity contribution in [2.45, 2.75) is 51.9 Å². The summed E-state index contributed by atoms with van der Waals surface area (Å²) in [5, 5.41) is 2.93. The number of halogens is 2. The summed E-state index contributed by atoms with van der Waals surface area (Å²) in [5.41, 5.74) is 2.91. The van der Waals surface area contributed by atoms with Crippen molar-refractivity contribution < 1.29 is 9.18 Å². The van der Waals surface area contributed by atoms with Crippen molar-refractivity contribution in [3.05, 3.63) is 91.7 Å². The summed E-state index contributed by atoms with van der Waals surface area (Å²) in [6, 6.07) is 10.5. The monoisotopic (exact) mass is 548 g/mol.